The summed E-state index contributed by atoms with van der Waals surface area (Å²) >= 11 is 1.66. The third kappa shape index (κ3) is 10.7. The van der Waals surface area contributed by atoms with Gasteiger partial charge in [0.05, 0.1) is 32.4 Å². The van der Waals surface area contributed by atoms with E-state index in [1.54, 1.807) is 11.8 Å². The Morgan fingerprint density at radius 2 is 1.75 bits per heavy atom. The summed E-state index contributed by atoms with van der Waals surface area (Å²) < 4.78 is 27.5. The molecule has 0 saturated carbocycles. The van der Waals surface area contributed by atoms with Gasteiger partial charge in [-0.25, -0.2) is 0 Å². The van der Waals surface area contributed by atoms with Crippen molar-refractivity contribution < 1.29 is 23.1 Å². The summed E-state index contributed by atoms with van der Waals surface area (Å²) in [5, 5.41) is 0. The average molecular weight is 326 g/mol. The van der Waals surface area contributed by atoms with E-state index in [1.165, 1.54) is 0 Å². The van der Waals surface area contributed by atoms with E-state index in [0.717, 1.165) is 24.3 Å². The van der Waals surface area contributed by atoms with Gasteiger partial charge >= 0.3 is 13.6 Å². The van der Waals surface area contributed by atoms with Crippen molar-refractivity contribution >= 4 is 25.3 Å². The van der Waals surface area contributed by atoms with E-state index in [1.807, 2.05) is 20.8 Å². The maximum atomic E-state index is 12.1. The first-order valence-corrected chi connectivity index (χ1v) is 10.1. The van der Waals surface area contributed by atoms with Crippen LogP contribution in [-0.2, 0) is 23.1 Å². The van der Waals surface area contributed by atoms with Gasteiger partial charge in [-0.2, -0.15) is 11.8 Å². The Bertz CT molecular complexity index is 288. The minimum Gasteiger partial charge on any atom is -0.466 e. The largest absolute Gasteiger partial charge is 0.466 e. The SMILES string of the molecule is CCCOC(=O)CCSCCCP(=O)(OCC)OCC. The van der Waals surface area contributed by atoms with Crippen molar-refractivity contribution in [2.24, 2.45) is 0 Å². The molecule has 0 aromatic rings. The van der Waals surface area contributed by atoms with Crippen LogP contribution in [0.4, 0.5) is 0 Å². The third-order valence-electron chi connectivity index (χ3n) is 2.29. The molecule has 0 aliphatic heterocycles. The Hall–Kier alpha value is -0.0300. The smallest absolute Gasteiger partial charge is 0.330 e. The van der Waals surface area contributed by atoms with Gasteiger partial charge in [-0.3, -0.25) is 9.36 Å². The van der Waals surface area contributed by atoms with Crippen molar-refractivity contribution in [3.05, 3.63) is 0 Å². The van der Waals surface area contributed by atoms with Crippen LogP contribution in [0.1, 0.15) is 40.0 Å². The first-order chi connectivity index (χ1) is 9.58. The van der Waals surface area contributed by atoms with Crippen LogP contribution in [0.2, 0.25) is 0 Å². The summed E-state index contributed by atoms with van der Waals surface area (Å²) in [4.78, 5) is 11.2. The quantitative estimate of drug-likeness (QED) is 0.292. The molecule has 0 aliphatic rings. The van der Waals surface area contributed by atoms with E-state index in [4.69, 9.17) is 13.8 Å². The molecule has 0 radical (unpaired) electrons. The molecule has 0 aliphatic carbocycles. The Balaban J connectivity index is 3.64. The number of carbonyl (C=O) groups is 1. The third-order valence-corrected chi connectivity index (χ3v) is 5.53. The van der Waals surface area contributed by atoms with Crippen LogP contribution in [0.3, 0.4) is 0 Å². The summed E-state index contributed by atoms with van der Waals surface area (Å²) in [6, 6.07) is 0. The normalized spacial score (nSPS) is 11.6. The van der Waals surface area contributed by atoms with E-state index in [9.17, 15) is 9.36 Å². The molecule has 0 aromatic heterocycles. The van der Waals surface area contributed by atoms with Crippen LogP contribution < -0.4 is 0 Å². The summed E-state index contributed by atoms with van der Waals surface area (Å²) in [6.07, 6.45) is 2.47. The first kappa shape index (κ1) is 20.0. The van der Waals surface area contributed by atoms with Gasteiger partial charge in [0.2, 0.25) is 0 Å². The number of hydrogen-bond acceptors (Lipinski definition) is 6. The Labute approximate surface area is 126 Å². The lowest BCUT2D eigenvalue weighted by atomic mass is 10.5. The molecule has 120 valence electrons. The minimum absolute atomic E-state index is 0.145. The van der Waals surface area contributed by atoms with E-state index in [0.29, 0.717) is 32.4 Å². The molecule has 7 heteroatoms. The van der Waals surface area contributed by atoms with Crippen molar-refractivity contribution in [2.75, 3.05) is 37.5 Å². The molecule has 0 heterocycles. The monoisotopic (exact) mass is 326 g/mol. The maximum absolute atomic E-state index is 12.1. The Kier molecular flexibility index (Phi) is 12.7. The van der Waals surface area contributed by atoms with Gasteiger partial charge in [0.25, 0.3) is 0 Å². The number of rotatable bonds is 13. The second-order valence-electron chi connectivity index (χ2n) is 4.11. The number of esters is 1. The van der Waals surface area contributed by atoms with Crippen LogP contribution in [0, 0.1) is 0 Å². The molecule has 0 rings (SSSR count). The topological polar surface area (TPSA) is 61.8 Å². The average Bonchev–Trinajstić information content (AvgIpc) is 2.41. The minimum atomic E-state index is -2.91. The van der Waals surface area contributed by atoms with E-state index >= 15 is 0 Å². The summed E-state index contributed by atoms with van der Waals surface area (Å²) in [5.74, 6) is 1.43. The molecule has 0 saturated heterocycles. The van der Waals surface area contributed by atoms with Crippen LogP contribution in [0.15, 0.2) is 0 Å². The van der Waals surface area contributed by atoms with Crippen LogP contribution in [-0.4, -0.2) is 43.5 Å². The fraction of sp³-hybridized carbons (Fsp3) is 0.923. The fourth-order valence-corrected chi connectivity index (χ4v) is 4.21. The summed E-state index contributed by atoms with van der Waals surface area (Å²) in [5.41, 5.74) is 0. The second-order valence-corrected chi connectivity index (χ2v) is 7.52. The Morgan fingerprint density at radius 3 is 2.30 bits per heavy atom. The van der Waals surface area contributed by atoms with Crippen molar-refractivity contribution in [3.63, 3.8) is 0 Å². The number of thioether (sulfide) groups is 1. The molecular formula is C13H27O5PS. The lowest BCUT2D eigenvalue weighted by Crippen LogP contribution is -2.06. The predicted octanol–water partition coefficient (Wildman–Crippen LogP) is 3.72. The van der Waals surface area contributed by atoms with Gasteiger partial charge in [0.15, 0.2) is 0 Å². The number of ether oxygens (including phenoxy) is 1. The van der Waals surface area contributed by atoms with Gasteiger partial charge in [0, 0.05) is 5.75 Å². The molecule has 0 spiro atoms. The molecule has 0 atom stereocenters. The number of hydrogen-bond donors (Lipinski definition) is 0. The second kappa shape index (κ2) is 12.7. The molecular weight excluding hydrogens is 299 g/mol. The van der Waals surface area contributed by atoms with Gasteiger partial charge in [-0.15, -0.1) is 0 Å². The van der Waals surface area contributed by atoms with Gasteiger partial charge in [0.1, 0.15) is 0 Å². The first-order valence-electron chi connectivity index (χ1n) is 7.19. The molecule has 0 amide bonds. The van der Waals surface area contributed by atoms with Crippen molar-refractivity contribution in [1.29, 1.82) is 0 Å². The molecule has 5 nitrogen and oxygen atoms in total. The van der Waals surface area contributed by atoms with Crippen molar-refractivity contribution in [2.45, 2.75) is 40.0 Å². The van der Waals surface area contributed by atoms with Crippen molar-refractivity contribution in [1.82, 2.24) is 0 Å². The standard InChI is InChI=1S/C13H27O5PS/c1-4-9-16-13(14)8-12-20-11-7-10-19(15,17-5-2)18-6-3/h4-12H2,1-3H3. The molecule has 0 unspecified atom stereocenters. The number of carbonyl (C=O) groups excluding carboxylic acids is 1. The van der Waals surface area contributed by atoms with Crippen molar-refractivity contribution in [3.8, 4) is 0 Å². The highest BCUT2D eigenvalue weighted by molar-refractivity contribution is 7.99. The molecule has 0 aromatic carbocycles. The summed E-state index contributed by atoms with van der Waals surface area (Å²) in [7, 11) is -2.91. The molecule has 0 fully saturated rings. The van der Waals surface area contributed by atoms with Crippen LogP contribution >= 0.6 is 19.4 Å². The predicted molar refractivity (Wildman–Crippen MR) is 83.5 cm³/mol. The van der Waals surface area contributed by atoms with E-state index in [2.05, 4.69) is 0 Å². The van der Waals surface area contributed by atoms with Gasteiger partial charge in [-0.1, -0.05) is 6.92 Å². The highest BCUT2D eigenvalue weighted by Gasteiger charge is 2.22. The molecule has 0 N–H and O–H groups in total. The molecule has 20 heavy (non-hydrogen) atoms. The van der Waals surface area contributed by atoms with Gasteiger partial charge < -0.3 is 13.8 Å². The lowest BCUT2D eigenvalue weighted by Gasteiger charge is -2.16. The highest BCUT2D eigenvalue weighted by Crippen LogP contribution is 2.48. The zero-order chi connectivity index (χ0) is 15.3. The fourth-order valence-electron chi connectivity index (χ4n) is 1.47. The Morgan fingerprint density at radius 1 is 1.10 bits per heavy atom. The van der Waals surface area contributed by atoms with Gasteiger partial charge in [-0.05, 0) is 32.4 Å². The zero-order valence-corrected chi connectivity index (χ0v) is 14.5. The summed E-state index contributed by atoms with van der Waals surface area (Å²) in [6.45, 7) is 6.87. The highest BCUT2D eigenvalue weighted by atomic mass is 32.2. The van der Waals surface area contributed by atoms with Crippen LogP contribution in [0.25, 0.3) is 0 Å². The zero-order valence-electron chi connectivity index (χ0n) is 12.8. The molecule has 0 bridgehead atoms. The maximum Gasteiger partial charge on any atom is 0.330 e. The lowest BCUT2D eigenvalue weighted by molar-refractivity contribution is -0.143. The van der Waals surface area contributed by atoms with E-state index in [-0.39, 0.29) is 5.97 Å². The van der Waals surface area contributed by atoms with E-state index < -0.39 is 7.60 Å². The van der Waals surface area contributed by atoms with Crippen LogP contribution in [0.5, 0.6) is 0 Å².